The van der Waals surface area contributed by atoms with Crippen LogP contribution in [-0.2, 0) is 10.0 Å². The van der Waals surface area contributed by atoms with E-state index in [1.807, 2.05) is 12.3 Å². The molecule has 1 aliphatic rings. The predicted octanol–water partition coefficient (Wildman–Crippen LogP) is 1.15. The topological polar surface area (TPSA) is 116 Å². The molecule has 1 fully saturated rings. The average Bonchev–Trinajstić information content (AvgIpc) is 3.23. The zero-order chi connectivity index (χ0) is 16.7. The first-order chi connectivity index (χ1) is 11.6. The van der Waals surface area contributed by atoms with Crippen LogP contribution in [0.5, 0.6) is 0 Å². The van der Waals surface area contributed by atoms with E-state index >= 15 is 0 Å². The smallest absolute Gasteiger partial charge is 0.227 e. The summed E-state index contributed by atoms with van der Waals surface area (Å²) in [6.45, 7) is 0.742. The summed E-state index contributed by atoms with van der Waals surface area (Å²) < 4.78 is 25.6. The van der Waals surface area contributed by atoms with Gasteiger partial charge in [-0.15, -0.1) is 0 Å². The molecule has 0 saturated carbocycles. The van der Waals surface area contributed by atoms with Gasteiger partial charge in [0.15, 0.2) is 5.75 Å². The number of fused-ring (bicyclic) bond motifs is 3. The van der Waals surface area contributed by atoms with Crippen LogP contribution in [0, 0.1) is 11.3 Å². The third-order valence-corrected chi connectivity index (χ3v) is 6.01. The summed E-state index contributed by atoms with van der Waals surface area (Å²) in [6.07, 6.45) is 5.67. The fourth-order valence-corrected chi connectivity index (χ4v) is 4.41. The van der Waals surface area contributed by atoms with E-state index in [4.69, 9.17) is 5.26 Å². The molecule has 4 rings (SSSR count). The molecular formula is C15H14N6O2S. The van der Waals surface area contributed by atoms with Crippen molar-refractivity contribution in [2.75, 3.05) is 18.8 Å². The first kappa shape index (κ1) is 15.0. The van der Waals surface area contributed by atoms with Gasteiger partial charge in [0.25, 0.3) is 0 Å². The Morgan fingerprint density at radius 1 is 1.38 bits per heavy atom. The lowest BCUT2D eigenvalue weighted by Gasteiger charge is -2.15. The van der Waals surface area contributed by atoms with E-state index < -0.39 is 15.8 Å². The van der Waals surface area contributed by atoms with Crippen molar-refractivity contribution in [3.05, 3.63) is 30.5 Å². The van der Waals surface area contributed by atoms with Crippen molar-refractivity contribution >= 4 is 32.0 Å². The number of nitriles is 1. The molecule has 0 aromatic carbocycles. The van der Waals surface area contributed by atoms with Crippen molar-refractivity contribution in [1.82, 2.24) is 24.2 Å². The number of hydrogen-bond acceptors (Lipinski definition) is 6. The molecule has 1 N–H and O–H groups in total. The summed E-state index contributed by atoms with van der Waals surface area (Å²) in [5.41, 5.74) is 2.33. The first-order valence-electron chi connectivity index (χ1n) is 7.51. The van der Waals surface area contributed by atoms with E-state index in [-0.39, 0.29) is 5.92 Å². The summed E-state index contributed by atoms with van der Waals surface area (Å²) in [5, 5.41) is 10.5. The van der Waals surface area contributed by atoms with Gasteiger partial charge in [0, 0.05) is 36.0 Å². The van der Waals surface area contributed by atoms with Crippen molar-refractivity contribution in [2.45, 2.75) is 12.3 Å². The Kier molecular flexibility index (Phi) is 3.44. The van der Waals surface area contributed by atoms with Gasteiger partial charge in [0.1, 0.15) is 12.0 Å². The highest BCUT2D eigenvalue weighted by Crippen LogP contribution is 2.34. The fourth-order valence-electron chi connectivity index (χ4n) is 3.27. The zero-order valence-corrected chi connectivity index (χ0v) is 13.5. The van der Waals surface area contributed by atoms with Crippen molar-refractivity contribution in [2.24, 2.45) is 0 Å². The first-order valence-corrected chi connectivity index (χ1v) is 9.12. The Bertz CT molecular complexity index is 1070. The van der Waals surface area contributed by atoms with Crippen LogP contribution in [0.1, 0.15) is 18.0 Å². The number of H-pyrrole nitrogens is 1. The molecule has 1 saturated heterocycles. The Morgan fingerprint density at radius 3 is 3.08 bits per heavy atom. The van der Waals surface area contributed by atoms with Gasteiger partial charge in [-0.25, -0.2) is 27.7 Å². The molecule has 3 aromatic heterocycles. The van der Waals surface area contributed by atoms with Crippen LogP contribution in [0.4, 0.5) is 0 Å². The molecule has 1 atom stereocenters. The lowest BCUT2D eigenvalue weighted by Crippen LogP contribution is -2.30. The maximum absolute atomic E-state index is 12.1. The Hall–Kier alpha value is -2.57. The third-order valence-electron chi connectivity index (χ3n) is 4.39. The van der Waals surface area contributed by atoms with Crippen LogP contribution in [0.2, 0.25) is 0 Å². The van der Waals surface area contributed by atoms with E-state index in [0.717, 1.165) is 27.6 Å². The summed E-state index contributed by atoms with van der Waals surface area (Å²) >= 11 is 0. The maximum atomic E-state index is 12.1. The van der Waals surface area contributed by atoms with Gasteiger partial charge < -0.3 is 4.98 Å². The molecule has 1 unspecified atom stereocenters. The molecule has 3 aromatic rings. The molecular weight excluding hydrogens is 328 g/mol. The van der Waals surface area contributed by atoms with Crippen molar-refractivity contribution in [3.63, 3.8) is 0 Å². The van der Waals surface area contributed by atoms with Gasteiger partial charge in [0.05, 0.1) is 23.5 Å². The highest BCUT2D eigenvalue weighted by atomic mass is 32.2. The monoisotopic (exact) mass is 342 g/mol. The van der Waals surface area contributed by atoms with Gasteiger partial charge in [-0.1, -0.05) is 0 Å². The molecule has 0 spiro atoms. The molecule has 0 bridgehead atoms. The van der Waals surface area contributed by atoms with E-state index in [2.05, 4.69) is 19.9 Å². The molecule has 122 valence electrons. The number of rotatable bonds is 3. The highest BCUT2D eigenvalue weighted by molar-refractivity contribution is 7.89. The highest BCUT2D eigenvalue weighted by Gasteiger charge is 2.33. The number of aromatic amines is 1. The average molecular weight is 342 g/mol. The Balaban J connectivity index is 1.78. The second kappa shape index (κ2) is 5.51. The molecule has 24 heavy (non-hydrogen) atoms. The quantitative estimate of drug-likeness (QED) is 0.763. The normalized spacial score (nSPS) is 19.0. The SMILES string of the molecule is N#CCS(=O)(=O)N1CCC(c2ncnc3cnc4[nH]ccc4c23)C1. The molecule has 4 heterocycles. The molecule has 0 amide bonds. The largest absolute Gasteiger partial charge is 0.346 e. The van der Waals surface area contributed by atoms with Crippen LogP contribution in [0.15, 0.2) is 24.8 Å². The van der Waals surface area contributed by atoms with Crippen LogP contribution in [-0.4, -0.2) is 51.5 Å². The standard InChI is InChI=1S/C15H14N6O2S/c16-3-6-24(22,23)21-5-2-10(8-21)14-13-11-1-4-17-15(11)18-7-12(13)19-9-20-14/h1,4,7,9-10H,2,5-6,8H2,(H,17,18). The van der Waals surface area contributed by atoms with Gasteiger partial charge in [-0.3, -0.25) is 0 Å². The van der Waals surface area contributed by atoms with E-state index in [0.29, 0.717) is 19.5 Å². The second-order valence-electron chi connectivity index (χ2n) is 5.78. The number of nitrogens with zero attached hydrogens (tertiary/aromatic N) is 5. The summed E-state index contributed by atoms with van der Waals surface area (Å²) in [7, 11) is -3.53. The van der Waals surface area contributed by atoms with Crippen molar-refractivity contribution < 1.29 is 8.42 Å². The Morgan fingerprint density at radius 2 is 2.25 bits per heavy atom. The van der Waals surface area contributed by atoms with Crippen molar-refractivity contribution in [3.8, 4) is 6.07 Å². The van der Waals surface area contributed by atoms with E-state index in [1.54, 1.807) is 12.3 Å². The van der Waals surface area contributed by atoms with Gasteiger partial charge in [-0.05, 0) is 12.5 Å². The number of hydrogen-bond donors (Lipinski definition) is 1. The summed E-state index contributed by atoms with van der Waals surface area (Å²) in [5.74, 6) is -0.514. The lowest BCUT2D eigenvalue weighted by molar-refractivity contribution is 0.475. The minimum absolute atomic E-state index is 0.0236. The molecule has 8 nitrogen and oxygen atoms in total. The van der Waals surface area contributed by atoms with Gasteiger partial charge in [0.2, 0.25) is 10.0 Å². The van der Waals surface area contributed by atoms with Crippen molar-refractivity contribution in [1.29, 1.82) is 5.26 Å². The maximum Gasteiger partial charge on any atom is 0.227 e. The molecule has 1 aliphatic heterocycles. The van der Waals surface area contributed by atoms with Crippen LogP contribution in [0.25, 0.3) is 21.9 Å². The zero-order valence-electron chi connectivity index (χ0n) is 12.7. The third kappa shape index (κ3) is 2.31. The van der Waals surface area contributed by atoms with E-state index in [1.165, 1.54) is 10.6 Å². The number of aromatic nitrogens is 4. The van der Waals surface area contributed by atoms with Gasteiger partial charge in [-0.2, -0.15) is 5.26 Å². The molecule has 0 aliphatic carbocycles. The minimum Gasteiger partial charge on any atom is -0.346 e. The number of pyridine rings is 1. The van der Waals surface area contributed by atoms with Crippen LogP contribution >= 0.6 is 0 Å². The minimum atomic E-state index is -3.53. The van der Waals surface area contributed by atoms with Gasteiger partial charge >= 0.3 is 0 Å². The summed E-state index contributed by atoms with van der Waals surface area (Å²) in [6, 6.07) is 3.65. The summed E-state index contributed by atoms with van der Waals surface area (Å²) in [4.78, 5) is 16.1. The second-order valence-corrected chi connectivity index (χ2v) is 7.74. The molecule has 9 heteroatoms. The lowest BCUT2D eigenvalue weighted by atomic mass is 9.99. The predicted molar refractivity (Wildman–Crippen MR) is 87.5 cm³/mol. The Labute approximate surface area is 138 Å². The number of sulfonamides is 1. The van der Waals surface area contributed by atoms with E-state index in [9.17, 15) is 8.42 Å². The van der Waals surface area contributed by atoms with Crippen LogP contribution < -0.4 is 0 Å². The van der Waals surface area contributed by atoms with Crippen LogP contribution in [0.3, 0.4) is 0 Å². The fraction of sp³-hybridized carbons (Fsp3) is 0.333. The molecule has 0 radical (unpaired) electrons. The number of nitrogens with one attached hydrogen (secondary N) is 1.